The van der Waals surface area contributed by atoms with Crippen molar-refractivity contribution < 1.29 is 14.0 Å². The number of morpholine rings is 1. The minimum Gasteiger partial charge on any atom is -0.375 e. The molecule has 0 spiro atoms. The molecule has 86 valence electrons. The molecule has 7 heteroatoms. The van der Waals surface area contributed by atoms with E-state index >= 15 is 0 Å². The zero-order valence-electron chi connectivity index (χ0n) is 8.43. The molecular formula is C8H14ClN3O3. The van der Waals surface area contributed by atoms with Crippen LogP contribution in [0.25, 0.3) is 0 Å². The van der Waals surface area contributed by atoms with Crippen LogP contribution in [0.1, 0.15) is 17.8 Å². The van der Waals surface area contributed by atoms with Crippen molar-refractivity contribution in [3.8, 4) is 0 Å². The van der Waals surface area contributed by atoms with Gasteiger partial charge >= 0.3 is 0 Å². The molecule has 6 nitrogen and oxygen atoms in total. The fraction of sp³-hybridized carbons (Fsp3) is 0.750. The summed E-state index contributed by atoms with van der Waals surface area (Å²) < 4.78 is 15.3. The largest absolute Gasteiger partial charge is 0.375 e. The van der Waals surface area contributed by atoms with Crippen molar-refractivity contribution in [1.29, 1.82) is 0 Å². The Bertz CT molecular complexity index is 288. The van der Waals surface area contributed by atoms with E-state index in [9.17, 15) is 0 Å². The normalized spacial score (nSPS) is 21.0. The Morgan fingerprint density at radius 3 is 3.13 bits per heavy atom. The van der Waals surface area contributed by atoms with E-state index in [1.165, 1.54) is 0 Å². The lowest BCUT2D eigenvalue weighted by Crippen LogP contribution is -2.33. The number of aromatic nitrogens is 2. The van der Waals surface area contributed by atoms with Crippen molar-refractivity contribution >= 4 is 12.4 Å². The van der Waals surface area contributed by atoms with Gasteiger partial charge in [-0.1, -0.05) is 5.16 Å². The van der Waals surface area contributed by atoms with Gasteiger partial charge in [-0.3, -0.25) is 0 Å². The molecule has 1 unspecified atom stereocenters. The number of nitrogens with zero attached hydrogens (tertiary/aromatic N) is 2. The fourth-order valence-corrected chi connectivity index (χ4v) is 1.31. The van der Waals surface area contributed by atoms with E-state index in [2.05, 4.69) is 15.5 Å². The highest BCUT2D eigenvalue weighted by Crippen LogP contribution is 2.15. The summed E-state index contributed by atoms with van der Waals surface area (Å²) in [5.74, 6) is 1.07. The van der Waals surface area contributed by atoms with Crippen LogP contribution in [0, 0.1) is 0 Å². The van der Waals surface area contributed by atoms with Crippen LogP contribution in [0.5, 0.6) is 0 Å². The molecule has 0 aliphatic carbocycles. The standard InChI is InChI=1S/C8H13N3O3.ClH/c1-12-5-7-10-8(11-14-7)6-4-9-2-3-13-6;/h6,9H,2-5H2,1H3;1H. The molecule has 0 radical (unpaired) electrons. The van der Waals surface area contributed by atoms with Crippen LogP contribution >= 0.6 is 12.4 Å². The van der Waals surface area contributed by atoms with Crippen LogP contribution in [-0.2, 0) is 16.1 Å². The first-order chi connectivity index (χ1) is 6.90. The van der Waals surface area contributed by atoms with E-state index in [1.807, 2.05) is 0 Å². The van der Waals surface area contributed by atoms with Crippen LogP contribution in [-0.4, -0.2) is 36.9 Å². The van der Waals surface area contributed by atoms with Gasteiger partial charge in [0.2, 0.25) is 5.82 Å². The number of halogens is 1. The second kappa shape index (κ2) is 6.02. The van der Waals surface area contributed by atoms with Crippen molar-refractivity contribution in [2.75, 3.05) is 26.8 Å². The summed E-state index contributed by atoms with van der Waals surface area (Å²) in [5, 5.41) is 7.02. The van der Waals surface area contributed by atoms with Gasteiger partial charge in [0.25, 0.3) is 5.89 Å². The average molecular weight is 236 g/mol. The van der Waals surface area contributed by atoms with Crippen LogP contribution in [0.2, 0.25) is 0 Å². The molecule has 1 N–H and O–H groups in total. The van der Waals surface area contributed by atoms with Gasteiger partial charge in [-0.05, 0) is 0 Å². The molecule has 1 aliphatic heterocycles. The summed E-state index contributed by atoms with van der Waals surface area (Å²) in [5.41, 5.74) is 0. The van der Waals surface area contributed by atoms with Gasteiger partial charge in [0.1, 0.15) is 12.7 Å². The molecule has 0 amide bonds. The number of hydrogen-bond acceptors (Lipinski definition) is 6. The lowest BCUT2D eigenvalue weighted by molar-refractivity contribution is 0.0208. The summed E-state index contributed by atoms with van der Waals surface area (Å²) in [6.07, 6.45) is -0.0990. The van der Waals surface area contributed by atoms with Gasteiger partial charge in [0.15, 0.2) is 0 Å². The van der Waals surface area contributed by atoms with Gasteiger partial charge in [0.05, 0.1) is 6.61 Å². The fourth-order valence-electron chi connectivity index (χ4n) is 1.31. The summed E-state index contributed by atoms with van der Waals surface area (Å²) in [4.78, 5) is 4.16. The zero-order valence-corrected chi connectivity index (χ0v) is 9.25. The third-order valence-electron chi connectivity index (χ3n) is 1.97. The topological polar surface area (TPSA) is 69.4 Å². The molecule has 1 atom stereocenters. The minimum atomic E-state index is -0.0990. The van der Waals surface area contributed by atoms with Crippen molar-refractivity contribution in [3.63, 3.8) is 0 Å². The Hall–Kier alpha value is -0.690. The Morgan fingerprint density at radius 1 is 1.60 bits per heavy atom. The second-order valence-corrected chi connectivity index (χ2v) is 3.04. The molecule has 0 saturated carbocycles. The Labute approximate surface area is 93.7 Å². The average Bonchev–Trinajstić information content (AvgIpc) is 2.68. The molecule has 1 aromatic heterocycles. The van der Waals surface area contributed by atoms with Gasteiger partial charge in [-0.2, -0.15) is 4.98 Å². The van der Waals surface area contributed by atoms with Gasteiger partial charge in [-0.15, -0.1) is 12.4 Å². The van der Waals surface area contributed by atoms with E-state index in [-0.39, 0.29) is 18.5 Å². The van der Waals surface area contributed by atoms with E-state index < -0.39 is 0 Å². The summed E-state index contributed by atoms with van der Waals surface area (Å²) in [6, 6.07) is 0. The van der Waals surface area contributed by atoms with Crippen LogP contribution in [0.3, 0.4) is 0 Å². The number of hydrogen-bond donors (Lipinski definition) is 1. The summed E-state index contributed by atoms with van der Waals surface area (Å²) in [7, 11) is 1.59. The molecule has 2 rings (SSSR count). The van der Waals surface area contributed by atoms with E-state index in [4.69, 9.17) is 14.0 Å². The van der Waals surface area contributed by atoms with Crippen LogP contribution < -0.4 is 5.32 Å². The summed E-state index contributed by atoms with van der Waals surface area (Å²) >= 11 is 0. The number of rotatable bonds is 3. The van der Waals surface area contributed by atoms with Gasteiger partial charge in [0, 0.05) is 20.2 Å². The monoisotopic (exact) mass is 235 g/mol. The third-order valence-corrected chi connectivity index (χ3v) is 1.97. The zero-order chi connectivity index (χ0) is 9.80. The van der Waals surface area contributed by atoms with Crippen molar-refractivity contribution in [2.24, 2.45) is 0 Å². The molecule has 1 saturated heterocycles. The highest BCUT2D eigenvalue weighted by Gasteiger charge is 2.21. The van der Waals surface area contributed by atoms with Crippen molar-refractivity contribution in [3.05, 3.63) is 11.7 Å². The van der Waals surface area contributed by atoms with Crippen molar-refractivity contribution in [2.45, 2.75) is 12.7 Å². The molecular weight excluding hydrogens is 222 g/mol. The quantitative estimate of drug-likeness (QED) is 0.813. The first-order valence-corrected chi connectivity index (χ1v) is 4.54. The van der Waals surface area contributed by atoms with Gasteiger partial charge in [-0.25, -0.2) is 0 Å². The van der Waals surface area contributed by atoms with Crippen LogP contribution in [0.15, 0.2) is 4.52 Å². The molecule has 0 aromatic carbocycles. The first kappa shape index (κ1) is 12.4. The lowest BCUT2D eigenvalue weighted by Gasteiger charge is -2.20. The maximum absolute atomic E-state index is 5.47. The molecule has 15 heavy (non-hydrogen) atoms. The van der Waals surface area contributed by atoms with Gasteiger partial charge < -0.3 is 19.3 Å². The highest BCUT2D eigenvalue weighted by atomic mass is 35.5. The smallest absolute Gasteiger partial charge is 0.252 e. The minimum absolute atomic E-state index is 0. The van der Waals surface area contributed by atoms with E-state index in [1.54, 1.807) is 7.11 Å². The van der Waals surface area contributed by atoms with E-state index in [0.717, 1.165) is 13.1 Å². The molecule has 1 aliphatic rings. The molecule has 2 heterocycles. The lowest BCUT2D eigenvalue weighted by atomic mass is 10.3. The molecule has 0 bridgehead atoms. The maximum Gasteiger partial charge on any atom is 0.252 e. The molecule has 1 aromatic rings. The summed E-state index contributed by atoms with van der Waals surface area (Å²) in [6.45, 7) is 2.62. The first-order valence-electron chi connectivity index (χ1n) is 4.54. The molecule has 1 fully saturated rings. The number of ether oxygens (including phenoxy) is 2. The Morgan fingerprint density at radius 2 is 2.47 bits per heavy atom. The Balaban J connectivity index is 0.00000112. The third kappa shape index (κ3) is 3.13. The van der Waals surface area contributed by atoms with Crippen LogP contribution in [0.4, 0.5) is 0 Å². The van der Waals surface area contributed by atoms with E-state index in [0.29, 0.717) is 24.9 Å². The second-order valence-electron chi connectivity index (χ2n) is 3.04. The number of nitrogens with one attached hydrogen (secondary N) is 1. The van der Waals surface area contributed by atoms with Crippen molar-refractivity contribution in [1.82, 2.24) is 15.5 Å². The maximum atomic E-state index is 5.47. The number of methoxy groups -OCH3 is 1. The predicted molar refractivity (Wildman–Crippen MR) is 53.8 cm³/mol. The SMILES string of the molecule is COCc1nc(C2CNCCO2)no1.Cl. The highest BCUT2D eigenvalue weighted by molar-refractivity contribution is 5.85. The Kier molecular flexibility index (Phi) is 4.97. The predicted octanol–water partition coefficient (Wildman–Crippen LogP) is 0.299.